The minimum absolute atomic E-state index is 1.02. The van der Waals surface area contributed by atoms with Gasteiger partial charge in [-0.05, 0) is 42.7 Å². The molecule has 5 aromatic rings. The second-order valence-electron chi connectivity index (χ2n) is 7.17. The summed E-state index contributed by atoms with van der Waals surface area (Å²) in [6.07, 6.45) is 3.61. The molecule has 0 amide bonds. The van der Waals surface area contributed by atoms with Gasteiger partial charge >= 0.3 is 0 Å². The average molecular weight is 350 g/mol. The van der Waals surface area contributed by atoms with Gasteiger partial charge in [0.15, 0.2) is 0 Å². The predicted molar refractivity (Wildman–Crippen MR) is 114 cm³/mol. The molecule has 0 aliphatic heterocycles. The predicted octanol–water partition coefficient (Wildman–Crippen LogP) is 6.65. The molecule has 0 spiro atoms. The summed E-state index contributed by atoms with van der Waals surface area (Å²) in [6.45, 7) is 2.24. The Morgan fingerprint density at radius 1 is 0.778 bits per heavy atom. The van der Waals surface area contributed by atoms with Gasteiger partial charge in [0.25, 0.3) is 0 Å². The van der Waals surface area contributed by atoms with E-state index in [-0.39, 0.29) is 0 Å². The zero-order chi connectivity index (χ0) is 18.2. The molecule has 0 saturated heterocycles. The molecule has 2 heterocycles. The number of fused-ring (bicyclic) bond motifs is 5. The van der Waals surface area contributed by atoms with Crippen LogP contribution in [0.15, 0.2) is 78.9 Å². The van der Waals surface area contributed by atoms with Crippen LogP contribution in [-0.4, -0.2) is 9.38 Å². The molecule has 0 N–H and O–H groups in total. The van der Waals surface area contributed by atoms with Crippen LogP contribution >= 0.6 is 0 Å². The number of rotatable bonds is 4. The monoisotopic (exact) mass is 350 g/mol. The number of unbranched alkanes of at least 4 members (excludes halogenated alkanes) is 1. The number of benzene rings is 3. The molecule has 0 radical (unpaired) electrons. The highest BCUT2D eigenvalue weighted by atomic mass is 14.9. The Kier molecular flexibility index (Phi) is 3.90. The second-order valence-corrected chi connectivity index (χ2v) is 7.17. The van der Waals surface area contributed by atoms with Crippen LogP contribution in [-0.2, 0) is 6.42 Å². The first-order valence-corrected chi connectivity index (χ1v) is 9.73. The maximum absolute atomic E-state index is 5.04. The van der Waals surface area contributed by atoms with Gasteiger partial charge in [0.1, 0.15) is 0 Å². The normalized spacial score (nSPS) is 11.6. The molecule has 132 valence electrons. The quantitative estimate of drug-likeness (QED) is 0.355. The maximum Gasteiger partial charge on any atom is 0.0950 e. The molecule has 27 heavy (non-hydrogen) atoms. The van der Waals surface area contributed by atoms with Crippen molar-refractivity contribution in [3.8, 4) is 11.3 Å². The largest absolute Gasteiger partial charge is 0.306 e. The van der Waals surface area contributed by atoms with Crippen molar-refractivity contribution >= 4 is 27.5 Å². The van der Waals surface area contributed by atoms with Crippen molar-refractivity contribution in [2.24, 2.45) is 0 Å². The molecular weight excluding hydrogens is 328 g/mol. The molecule has 2 heteroatoms. The number of aromatic nitrogens is 2. The first-order chi connectivity index (χ1) is 13.3. The molecule has 2 nitrogen and oxygen atoms in total. The number of nitrogens with zero attached hydrogens (tertiary/aromatic N) is 2. The lowest BCUT2D eigenvalue weighted by Crippen LogP contribution is -1.95. The van der Waals surface area contributed by atoms with Crippen molar-refractivity contribution in [2.45, 2.75) is 26.2 Å². The third-order valence-electron chi connectivity index (χ3n) is 5.35. The second kappa shape index (κ2) is 6.55. The standard InChI is InChI=1S/C25H22N2/c1-2-3-8-18-13-15-19(16-14-18)25-24-17-20-9-4-6-11-22(20)27(24)23-12-7-5-10-21(23)26-25/h4-7,9-17H,2-3,8H2,1H3. The van der Waals surface area contributed by atoms with Gasteiger partial charge in [-0.2, -0.15) is 0 Å². The third kappa shape index (κ3) is 2.69. The fourth-order valence-corrected chi connectivity index (χ4v) is 3.94. The van der Waals surface area contributed by atoms with Gasteiger partial charge in [-0.25, -0.2) is 4.98 Å². The van der Waals surface area contributed by atoms with E-state index in [2.05, 4.69) is 90.2 Å². The van der Waals surface area contributed by atoms with E-state index in [0.717, 1.165) is 28.7 Å². The average Bonchev–Trinajstić information content (AvgIpc) is 3.12. The van der Waals surface area contributed by atoms with Gasteiger partial charge in [0.2, 0.25) is 0 Å². The topological polar surface area (TPSA) is 17.3 Å². The number of para-hydroxylation sites is 3. The fraction of sp³-hybridized carbons (Fsp3) is 0.160. The van der Waals surface area contributed by atoms with Gasteiger partial charge in [-0.15, -0.1) is 0 Å². The van der Waals surface area contributed by atoms with Crippen molar-refractivity contribution in [1.82, 2.24) is 9.38 Å². The van der Waals surface area contributed by atoms with Crippen molar-refractivity contribution in [1.29, 1.82) is 0 Å². The van der Waals surface area contributed by atoms with Gasteiger partial charge < -0.3 is 4.40 Å². The first kappa shape index (κ1) is 16.1. The van der Waals surface area contributed by atoms with E-state index < -0.39 is 0 Å². The van der Waals surface area contributed by atoms with E-state index in [1.165, 1.54) is 34.9 Å². The minimum Gasteiger partial charge on any atom is -0.306 e. The van der Waals surface area contributed by atoms with Crippen LogP contribution in [0.25, 0.3) is 38.7 Å². The van der Waals surface area contributed by atoms with Crippen LogP contribution in [0, 0.1) is 0 Å². The van der Waals surface area contributed by atoms with E-state index in [1.54, 1.807) is 0 Å². The smallest absolute Gasteiger partial charge is 0.0950 e. The Bertz CT molecular complexity index is 1250. The summed E-state index contributed by atoms with van der Waals surface area (Å²) < 4.78 is 2.35. The van der Waals surface area contributed by atoms with Crippen molar-refractivity contribution in [3.05, 3.63) is 84.4 Å². The number of hydrogen-bond acceptors (Lipinski definition) is 1. The van der Waals surface area contributed by atoms with Crippen LogP contribution in [0.2, 0.25) is 0 Å². The summed E-state index contributed by atoms with van der Waals surface area (Å²) in [6, 6.07) is 28.2. The molecule has 2 aromatic heterocycles. The summed E-state index contributed by atoms with van der Waals surface area (Å²) in [5, 5.41) is 1.25. The molecule has 0 unspecified atom stereocenters. The van der Waals surface area contributed by atoms with E-state index in [0.29, 0.717) is 0 Å². The molecule has 0 fully saturated rings. The maximum atomic E-state index is 5.04. The van der Waals surface area contributed by atoms with E-state index in [9.17, 15) is 0 Å². The van der Waals surface area contributed by atoms with Crippen molar-refractivity contribution < 1.29 is 0 Å². The molecule has 0 aliphatic rings. The molecule has 3 aromatic carbocycles. The first-order valence-electron chi connectivity index (χ1n) is 9.73. The van der Waals surface area contributed by atoms with Crippen LogP contribution in [0.1, 0.15) is 25.3 Å². The highest BCUT2D eigenvalue weighted by molar-refractivity contribution is 5.98. The molecule has 0 saturated carbocycles. The van der Waals surface area contributed by atoms with E-state index in [4.69, 9.17) is 4.98 Å². The molecule has 0 aliphatic carbocycles. The van der Waals surface area contributed by atoms with Gasteiger partial charge in [-0.3, -0.25) is 0 Å². The summed E-state index contributed by atoms with van der Waals surface area (Å²) in [7, 11) is 0. The summed E-state index contributed by atoms with van der Waals surface area (Å²) in [5.41, 5.74) is 8.19. The lowest BCUT2D eigenvalue weighted by atomic mass is 10.0. The Hall–Kier alpha value is -3.13. The molecular formula is C25H22N2. The Morgan fingerprint density at radius 3 is 2.33 bits per heavy atom. The Morgan fingerprint density at radius 2 is 1.52 bits per heavy atom. The summed E-state index contributed by atoms with van der Waals surface area (Å²) >= 11 is 0. The minimum atomic E-state index is 1.02. The molecule has 5 rings (SSSR count). The molecule has 0 atom stereocenters. The SMILES string of the molecule is CCCCc1ccc(-c2nc3ccccc3n3c2cc2ccccc23)cc1. The lowest BCUT2D eigenvalue weighted by Gasteiger charge is -2.10. The van der Waals surface area contributed by atoms with Crippen molar-refractivity contribution in [2.75, 3.05) is 0 Å². The van der Waals surface area contributed by atoms with Crippen molar-refractivity contribution in [3.63, 3.8) is 0 Å². The highest BCUT2D eigenvalue weighted by Crippen LogP contribution is 2.32. The third-order valence-corrected chi connectivity index (χ3v) is 5.35. The Balaban J connectivity index is 1.78. The summed E-state index contributed by atoms with van der Waals surface area (Å²) in [5.74, 6) is 0. The lowest BCUT2D eigenvalue weighted by molar-refractivity contribution is 0.795. The Labute approximate surface area is 159 Å². The van der Waals surface area contributed by atoms with Gasteiger partial charge in [0, 0.05) is 10.9 Å². The molecule has 0 bridgehead atoms. The number of hydrogen-bond donors (Lipinski definition) is 0. The fourth-order valence-electron chi connectivity index (χ4n) is 3.94. The van der Waals surface area contributed by atoms with E-state index in [1.807, 2.05) is 0 Å². The van der Waals surface area contributed by atoms with Crippen LogP contribution in [0.5, 0.6) is 0 Å². The highest BCUT2D eigenvalue weighted by Gasteiger charge is 2.13. The number of aryl methyl sites for hydroxylation is 1. The summed E-state index contributed by atoms with van der Waals surface area (Å²) in [4.78, 5) is 5.04. The zero-order valence-corrected chi connectivity index (χ0v) is 15.5. The van der Waals surface area contributed by atoms with Gasteiger partial charge in [-0.1, -0.05) is 67.9 Å². The van der Waals surface area contributed by atoms with Crippen LogP contribution in [0.4, 0.5) is 0 Å². The van der Waals surface area contributed by atoms with Crippen LogP contribution < -0.4 is 0 Å². The van der Waals surface area contributed by atoms with Gasteiger partial charge in [0.05, 0.1) is 27.8 Å². The van der Waals surface area contributed by atoms with Crippen LogP contribution in [0.3, 0.4) is 0 Å². The van der Waals surface area contributed by atoms with E-state index >= 15 is 0 Å². The zero-order valence-electron chi connectivity index (χ0n) is 15.5.